The van der Waals surface area contributed by atoms with Crippen molar-refractivity contribution in [1.29, 1.82) is 0 Å². The highest BCUT2D eigenvalue weighted by molar-refractivity contribution is 7.92. The van der Waals surface area contributed by atoms with Gasteiger partial charge in [0.15, 0.2) is 0 Å². The maximum absolute atomic E-state index is 12.6. The second-order valence-electron chi connectivity index (χ2n) is 6.64. The van der Waals surface area contributed by atoms with Crippen LogP contribution >= 0.6 is 11.6 Å². The minimum Gasteiger partial charge on any atom is -0.494 e. The SMILES string of the molecule is CC(C)CCOc1ccc(S(=O)(=O)Nc2cc(C[S@@](C)=O)ccc2Cl)cc1. The van der Waals surface area contributed by atoms with Crippen molar-refractivity contribution in [2.24, 2.45) is 5.92 Å². The van der Waals surface area contributed by atoms with Gasteiger partial charge in [-0.3, -0.25) is 8.93 Å². The first-order valence-corrected chi connectivity index (χ1v) is 12.1. The predicted molar refractivity (Wildman–Crippen MR) is 111 cm³/mol. The van der Waals surface area contributed by atoms with Gasteiger partial charge in [0.25, 0.3) is 10.0 Å². The molecule has 0 aliphatic heterocycles. The third kappa shape index (κ3) is 6.83. The van der Waals surface area contributed by atoms with E-state index in [-0.39, 0.29) is 15.6 Å². The van der Waals surface area contributed by atoms with E-state index >= 15 is 0 Å². The van der Waals surface area contributed by atoms with Gasteiger partial charge in [0.1, 0.15) is 5.75 Å². The zero-order valence-corrected chi connectivity index (χ0v) is 18.0. The average molecular weight is 430 g/mol. The fraction of sp³-hybridized carbons (Fsp3) is 0.368. The van der Waals surface area contributed by atoms with Gasteiger partial charge >= 0.3 is 0 Å². The molecule has 0 unspecified atom stereocenters. The molecule has 0 saturated heterocycles. The molecule has 0 bridgehead atoms. The van der Waals surface area contributed by atoms with Gasteiger partial charge in [0.05, 0.1) is 22.2 Å². The second kappa shape index (κ2) is 9.57. The topological polar surface area (TPSA) is 72.5 Å². The number of rotatable bonds is 9. The molecule has 2 rings (SSSR count). The molecular weight excluding hydrogens is 406 g/mol. The van der Waals surface area contributed by atoms with Crippen LogP contribution < -0.4 is 9.46 Å². The molecule has 0 heterocycles. The minimum atomic E-state index is -3.80. The van der Waals surface area contributed by atoms with Crippen molar-refractivity contribution in [3.8, 4) is 5.75 Å². The van der Waals surface area contributed by atoms with Crippen LogP contribution in [-0.2, 0) is 26.6 Å². The third-order valence-corrected chi connectivity index (χ3v) is 6.19. The number of ether oxygens (including phenoxy) is 1. The van der Waals surface area contributed by atoms with Crippen molar-refractivity contribution in [2.45, 2.75) is 30.9 Å². The second-order valence-corrected chi connectivity index (χ2v) is 10.2. The number of hydrogen-bond donors (Lipinski definition) is 1. The Balaban J connectivity index is 2.13. The average Bonchev–Trinajstić information content (AvgIpc) is 2.57. The molecule has 148 valence electrons. The molecule has 0 spiro atoms. The summed E-state index contributed by atoms with van der Waals surface area (Å²) in [6.45, 7) is 4.81. The molecule has 2 aromatic carbocycles. The molecule has 0 aromatic heterocycles. The highest BCUT2D eigenvalue weighted by atomic mass is 35.5. The number of hydrogen-bond acceptors (Lipinski definition) is 4. The van der Waals surface area contributed by atoms with Crippen LogP contribution in [0.3, 0.4) is 0 Å². The van der Waals surface area contributed by atoms with Crippen LogP contribution in [0.4, 0.5) is 5.69 Å². The Morgan fingerprint density at radius 2 is 1.81 bits per heavy atom. The van der Waals surface area contributed by atoms with Gasteiger partial charge in [0.2, 0.25) is 0 Å². The van der Waals surface area contributed by atoms with E-state index in [1.54, 1.807) is 36.6 Å². The fourth-order valence-corrected chi connectivity index (χ4v) is 4.25. The maximum Gasteiger partial charge on any atom is 0.261 e. The molecule has 0 aliphatic rings. The molecule has 0 radical (unpaired) electrons. The molecular formula is C19H24ClNO4S2. The van der Waals surface area contributed by atoms with E-state index in [0.717, 1.165) is 12.0 Å². The van der Waals surface area contributed by atoms with E-state index < -0.39 is 20.8 Å². The third-order valence-electron chi connectivity index (χ3n) is 3.74. The van der Waals surface area contributed by atoms with Gasteiger partial charge in [-0.05, 0) is 54.3 Å². The van der Waals surface area contributed by atoms with Gasteiger partial charge in [-0.15, -0.1) is 0 Å². The van der Waals surface area contributed by atoms with E-state index in [0.29, 0.717) is 24.0 Å². The van der Waals surface area contributed by atoms with Crippen LogP contribution in [0.5, 0.6) is 5.75 Å². The van der Waals surface area contributed by atoms with Crippen LogP contribution in [0.15, 0.2) is 47.4 Å². The monoisotopic (exact) mass is 429 g/mol. The summed E-state index contributed by atoms with van der Waals surface area (Å²) in [6, 6.07) is 11.2. The normalized spacial score (nSPS) is 12.8. The molecule has 5 nitrogen and oxygen atoms in total. The highest BCUT2D eigenvalue weighted by Crippen LogP contribution is 2.27. The molecule has 1 N–H and O–H groups in total. The van der Waals surface area contributed by atoms with Crippen molar-refractivity contribution >= 4 is 38.1 Å². The van der Waals surface area contributed by atoms with Crippen LogP contribution in [0.25, 0.3) is 0 Å². The highest BCUT2D eigenvalue weighted by Gasteiger charge is 2.16. The maximum atomic E-state index is 12.6. The van der Waals surface area contributed by atoms with Crippen molar-refractivity contribution in [3.63, 3.8) is 0 Å². The Labute approximate surface area is 168 Å². The van der Waals surface area contributed by atoms with Crippen molar-refractivity contribution in [3.05, 3.63) is 53.1 Å². The van der Waals surface area contributed by atoms with Crippen LogP contribution in [0.2, 0.25) is 5.02 Å². The summed E-state index contributed by atoms with van der Waals surface area (Å²) in [5, 5.41) is 0.276. The number of halogens is 1. The summed E-state index contributed by atoms with van der Waals surface area (Å²) < 4.78 is 44.8. The molecule has 0 amide bonds. The number of nitrogens with one attached hydrogen (secondary N) is 1. The summed E-state index contributed by atoms with van der Waals surface area (Å²) in [5.41, 5.74) is 1.00. The smallest absolute Gasteiger partial charge is 0.261 e. The van der Waals surface area contributed by atoms with Gasteiger partial charge in [0, 0.05) is 22.8 Å². The standard InChI is InChI=1S/C19H24ClNO4S2/c1-14(2)10-11-25-16-5-7-17(8-6-16)27(23,24)21-19-12-15(13-26(3)22)4-9-18(19)20/h4-9,12,14,21H,10-11,13H2,1-3H3/t26-/m1/s1. The Bertz CT molecular complexity index is 896. The van der Waals surface area contributed by atoms with E-state index in [2.05, 4.69) is 18.6 Å². The summed E-state index contributed by atoms with van der Waals surface area (Å²) in [4.78, 5) is 0.110. The van der Waals surface area contributed by atoms with E-state index in [1.165, 1.54) is 12.1 Å². The molecule has 27 heavy (non-hydrogen) atoms. The molecule has 1 atom stereocenters. The zero-order valence-electron chi connectivity index (χ0n) is 15.6. The zero-order chi connectivity index (χ0) is 20.0. The van der Waals surface area contributed by atoms with Gasteiger partial charge in [-0.1, -0.05) is 31.5 Å². The van der Waals surface area contributed by atoms with Crippen LogP contribution in [-0.4, -0.2) is 25.5 Å². The summed E-state index contributed by atoms with van der Waals surface area (Å²) >= 11 is 6.11. The van der Waals surface area contributed by atoms with E-state index in [9.17, 15) is 12.6 Å². The van der Waals surface area contributed by atoms with Crippen LogP contribution in [0, 0.1) is 5.92 Å². The van der Waals surface area contributed by atoms with E-state index in [1.807, 2.05) is 0 Å². The van der Waals surface area contributed by atoms with Crippen molar-refractivity contribution < 1.29 is 17.4 Å². The first-order valence-electron chi connectivity index (χ1n) is 8.51. The Morgan fingerprint density at radius 3 is 2.41 bits per heavy atom. The number of sulfonamides is 1. The molecule has 0 aliphatic carbocycles. The molecule has 0 fully saturated rings. The Morgan fingerprint density at radius 1 is 1.15 bits per heavy atom. The van der Waals surface area contributed by atoms with Gasteiger partial charge < -0.3 is 4.74 Å². The van der Waals surface area contributed by atoms with E-state index in [4.69, 9.17) is 16.3 Å². The number of anilines is 1. The lowest BCUT2D eigenvalue weighted by Crippen LogP contribution is -2.13. The quantitative estimate of drug-likeness (QED) is 0.639. The fourth-order valence-electron chi connectivity index (χ4n) is 2.31. The summed E-state index contributed by atoms with van der Waals surface area (Å²) in [6.07, 6.45) is 2.52. The molecule has 8 heteroatoms. The first-order chi connectivity index (χ1) is 12.7. The first kappa shape index (κ1) is 21.7. The largest absolute Gasteiger partial charge is 0.494 e. The van der Waals surface area contributed by atoms with Crippen molar-refractivity contribution in [2.75, 3.05) is 17.6 Å². The number of benzene rings is 2. The summed E-state index contributed by atoms with van der Waals surface area (Å²) in [5.74, 6) is 1.49. The Kier molecular flexibility index (Phi) is 7.70. The minimum absolute atomic E-state index is 0.110. The van der Waals surface area contributed by atoms with Crippen LogP contribution in [0.1, 0.15) is 25.8 Å². The lowest BCUT2D eigenvalue weighted by Gasteiger charge is -2.12. The van der Waals surface area contributed by atoms with Gasteiger partial charge in [-0.25, -0.2) is 8.42 Å². The molecule has 2 aromatic rings. The lowest BCUT2D eigenvalue weighted by atomic mass is 10.1. The predicted octanol–water partition coefficient (Wildman–Crippen LogP) is 4.44. The molecule has 0 saturated carbocycles. The van der Waals surface area contributed by atoms with Crippen molar-refractivity contribution in [1.82, 2.24) is 0 Å². The Hall–Kier alpha value is -1.57. The van der Waals surface area contributed by atoms with Gasteiger partial charge in [-0.2, -0.15) is 0 Å². The lowest BCUT2D eigenvalue weighted by molar-refractivity contribution is 0.289. The summed E-state index contributed by atoms with van der Waals surface area (Å²) in [7, 11) is -4.83.